The minimum absolute atomic E-state index is 0.0996. The largest absolute Gasteiger partial charge is 0.370 e. The molecule has 1 saturated carbocycles. The van der Waals surface area contributed by atoms with Gasteiger partial charge in [0.2, 0.25) is 11.8 Å². The zero-order valence-corrected chi connectivity index (χ0v) is 16.5. The number of aliphatic hydroxyl groups excluding tert-OH is 1. The number of hydrogen-bond acceptors (Lipinski definition) is 3. The van der Waals surface area contributed by atoms with E-state index in [0.717, 1.165) is 51.6 Å². The quantitative estimate of drug-likeness (QED) is 0.840. The number of piperidine rings is 1. The molecule has 0 aromatic carbocycles. The summed E-state index contributed by atoms with van der Waals surface area (Å²) in [6, 6.07) is 0. The Hall–Kier alpha value is -1.36. The Bertz CT molecular complexity index is 550. The Morgan fingerprint density at radius 2 is 1.73 bits per heavy atom. The van der Waals surface area contributed by atoms with E-state index in [-0.39, 0.29) is 11.8 Å². The minimum Gasteiger partial charge on any atom is -0.370 e. The molecule has 26 heavy (non-hydrogen) atoms. The second-order valence-corrected chi connectivity index (χ2v) is 9.45. The van der Waals surface area contributed by atoms with Gasteiger partial charge in [-0.15, -0.1) is 0 Å². The van der Waals surface area contributed by atoms with Crippen molar-refractivity contribution in [2.75, 3.05) is 19.6 Å². The highest BCUT2D eigenvalue weighted by atomic mass is 16.3. The lowest BCUT2D eigenvalue weighted by Crippen LogP contribution is -2.45. The van der Waals surface area contributed by atoms with Gasteiger partial charge in [0.25, 0.3) is 0 Å². The maximum absolute atomic E-state index is 12.9. The number of aliphatic hydroxyl groups is 1. The van der Waals surface area contributed by atoms with Gasteiger partial charge in [-0.3, -0.25) is 9.59 Å². The van der Waals surface area contributed by atoms with E-state index in [2.05, 4.69) is 25.7 Å². The maximum atomic E-state index is 12.9. The molecule has 5 heteroatoms. The zero-order chi connectivity index (χ0) is 18.9. The number of carbonyl (C=O) groups is 2. The number of carbonyl (C=O) groups excluding carboxylic acids is 2. The van der Waals surface area contributed by atoms with Gasteiger partial charge >= 0.3 is 0 Å². The molecule has 2 amide bonds. The van der Waals surface area contributed by atoms with E-state index in [0.29, 0.717) is 29.7 Å². The molecule has 1 saturated heterocycles. The fourth-order valence-corrected chi connectivity index (χ4v) is 4.79. The lowest BCUT2D eigenvalue weighted by atomic mass is 9.75. The van der Waals surface area contributed by atoms with Crippen molar-refractivity contribution in [2.45, 2.75) is 65.5 Å². The zero-order valence-electron chi connectivity index (χ0n) is 16.5. The van der Waals surface area contributed by atoms with E-state index in [9.17, 15) is 14.7 Å². The van der Waals surface area contributed by atoms with E-state index < -0.39 is 6.23 Å². The third-order valence-corrected chi connectivity index (χ3v) is 6.70. The van der Waals surface area contributed by atoms with Crippen molar-refractivity contribution in [1.82, 2.24) is 9.80 Å². The minimum atomic E-state index is -0.772. The third-order valence-electron chi connectivity index (χ3n) is 6.70. The average molecular weight is 363 g/mol. The first kappa shape index (κ1) is 19.4. The Morgan fingerprint density at radius 1 is 1.12 bits per heavy atom. The van der Waals surface area contributed by atoms with E-state index in [1.807, 2.05) is 0 Å². The molecule has 0 radical (unpaired) electrons. The topological polar surface area (TPSA) is 60.9 Å². The van der Waals surface area contributed by atoms with E-state index in [4.69, 9.17) is 0 Å². The van der Waals surface area contributed by atoms with Crippen LogP contribution in [0.5, 0.6) is 0 Å². The van der Waals surface area contributed by atoms with Gasteiger partial charge in [0.15, 0.2) is 0 Å². The Balaban J connectivity index is 1.43. The van der Waals surface area contributed by atoms with Crippen molar-refractivity contribution >= 4 is 11.8 Å². The Kier molecular flexibility index (Phi) is 5.75. The molecule has 2 aliphatic heterocycles. The molecular weight excluding hydrogens is 328 g/mol. The molecule has 3 rings (SSSR count). The standard InChI is InChI=1S/C21H34N2O3/c1-21(2,3)17-10-12-22(13-11-17)20(26)16-6-4-15(5-7-16)14-23-18(24)8-9-19(23)25/h8-9,15-18,24H,4-7,10-14H2,1-3H3. The highest BCUT2D eigenvalue weighted by Crippen LogP contribution is 2.36. The summed E-state index contributed by atoms with van der Waals surface area (Å²) >= 11 is 0. The smallest absolute Gasteiger partial charge is 0.248 e. The monoisotopic (exact) mass is 362 g/mol. The van der Waals surface area contributed by atoms with Gasteiger partial charge in [-0.1, -0.05) is 20.8 Å². The van der Waals surface area contributed by atoms with Gasteiger partial charge in [-0.05, 0) is 61.9 Å². The predicted molar refractivity (Wildman–Crippen MR) is 101 cm³/mol. The molecule has 146 valence electrons. The van der Waals surface area contributed by atoms with E-state index in [1.165, 1.54) is 11.0 Å². The van der Waals surface area contributed by atoms with Crippen molar-refractivity contribution < 1.29 is 14.7 Å². The van der Waals surface area contributed by atoms with Crippen LogP contribution in [0.1, 0.15) is 59.3 Å². The third kappa shape index (κ3) is 4.30. The molecule has 1 unspecified atom stereocenters. The number of nitrogens with zero attached hydrogens (tertiary/aromatic N) is 2. The highest BCUT2D eigenvalue weighted by Gasteiger charge is 2.35. The van der Waals surface area contributed by atoms with Crippen molar-refractivity contribution in [2.24, 2.45) is 23.2 Å². The van der Waals surface area contributed by atoms with E-state index in [1.54, 1.807) is 6.08 Å². The number of likely N-dealkylation sites (tertiary alicyclic amines) is 1. The van der Waals surface area contributed by atoms with Gasteiger partial charge in [0.1, 0.15) is 6.23 Å². The molecular formula is C21H34N2O3. The van der Waals surface area contributed by atoms with Crippen LogP contribution in [-0.4, -0.2) is 52.6 Å². The summed E-state index contributed by atoms with van der Waals surface area (Å²) < 4.78 is 0. The fraction of sp³-hybridized carbons (Fsp3) is 0.810. The number of amides is 2. The molecule has 2 heterocycles. The Morgan fingerprint density at radius 3 is 2.23 bits per heavy atom. The second kappa shape index (κ2) is 7.71. The SMILES string of the molecule is CC(C)(C)C1CCN(C(=O)C2CCC(CN3C(=O)C=CC3O)CC2)CC1. The van der Waals surface area contributed by atoms with Crippen LogP contribution in [0.25, 0.3) is 0 Å². The lowest BCUT2D eigenvalue weighted by molar-refractivity contribution is -0.139. The Labute approximate surface area is 157 Å². The summed E-state index contributed by atoms with van der Waals surface area (Å²) in [6.45, 7) is 9.31. The van der Waals surface area contributed by atoms with Crippen LogP contribution in [0.4, 0.5) is 0 Å². The van der Waals surface area contributed by atoms with Gasteiger partial charge in [-0.2, -0.15) is 0 Å². The van der Waals surface area contributed by atoms with Crippen LogP contribution in [0, 0.1) is 23.2 Å². The molecule has 0 aromatic rings. The predicted octanol–water partition coefficient (Wildman–Crippen LogP) is 2.79. The van der Waals surface area contributed by atoms with Crippen molar-refractivity contribution in [3.63, 3.8) is 0 Å². The normalized spacial score (nSPS) is 30.9. The average Bonchev–Trinajstić information content (AvgIpc) is 2.93. The molecule has 0 bridgehead atoms. The second-order valence-electron chi connectivity index (χ2n) is 9.45. The van der Waals surface area contributed by atoms with E-state index >= 15 is 0 Å². The van der Waals surface area contributed by atoms with Crippen molar-refractivity contribution in [3.8, 4) is 0 Å². The highest BCUT2D eigenvalue weighted by molar-refractivity contribution is 5.90. The van der Waals surface area contributed by atoms with Crippen LogP contribution in [0.15, 0.2) is 12.2 Å². The number of rotatable bonds is 3. The molecule has 2 fully saturated rings. The van der Waals surface area contributed by atoms with Crippen molar-refractivity contribution in [3.05, 3.63) is 12.2 Å². The van der Waals surface area contributed by atoms with Crippen LogP contribution < -0.4 is 0 Å². The molecule has 0 spiro atoms. The van der Waals surface area contributed by atoms with Crippen molar-refractivity contribution in [1.29, 1.82) is 0 Å². The molecule has 1 N–H and O–H groups in total. The molecule has 0 aromatic heterocycles. The molecule has 5 nitrogen and oxygen atoms in total. The number of hydrogen-bond donors (Lipinski definition) is 1. The maximum Gasteiger partial charge on any atom is 0.248 e. The first-order valence-electron chi connectivity index (χ1n) is 10.2. The molecule has 3 aliphatic rings. The summed E-state index contributed by atoms with van der Waals surface area (Å²) in [7, 11) is 0. The van der Waals surface area contributed by atoms with Gasteiger partial charge in [0.05, 0.1) is 0 Å². The summed E-state index contributed by atoms with van der Waals surface area (Å²) in [5.41, 5.74) is 0.333. The molecule has 1 atom stereocenters. The first-order valence-corrected chi connectivity index (χ1v) is 10.2. The lowest BCUT2D eigenvalue weighted by Gasteiger charge is -2.40. The summed E-state index contributed by atoms with van der Waals surface area (Å²) in [5.74, 6) is 1.49. The van der Waals surface area contributed by atoms with Crippen LogP contribution in [0.2, 0.25) is 0 Å². The van der Waals surface area contributed by atoms with Crippen LogP contribution in [0.3, 0.4) is 0 Å². The first-order chi connectivity index (χ1) is 12.3. The van der Waals surface area contributed by atoms with Gasteiger partial charge < -0.3 is 14.9 Å². The fourth-order valence-electron chi connectivity index (χ4n) is 4.79. The molecule has 1 aliphatic carbocycles. The summed E-state index contributed by atoms with van der Waals surface area (Å²) in [4.78, 5) is 28.2. The van der Waals surface area contributed by atoms with Gasteiger partial charge in [-0.25, -0.2) is 0 Å². The van der Waals surface area contributed by atoms with Gasteiger partial charge in [0, 0.05) is 31.6 Å². The van der Waals surface area contributed by atoms with Crippen LogP contribution in [-0.2, 0) is 9.59 Å². The summed E-state index contributed by atoms with van der Waals surface area (Å²) in [6.07, 6.45) is 8.20. The van der Waals surface area contributed by atoms with Crippen LogP contribution >= 0.6 is 0 Å². The summed E-state index contributed by atoms with van der Waals surface area (Å²) in [5, 5.41) is 9.84.